The van der Waals surface area contributed by atoms with Crippen molar-refractivity contribution in [2.45, 2.75) is 19.8 Å². The van der Waals surface area contributed by atoms with Crippen LogP contribution in [0.2, 0.25) is 0 Å². The first-order chi connectivity index (χ1) is 8.06. The van der Waals surface area contributed by atoms with Crippen molar-refractivity contribution < 1.29 is 9.53 Å². The fourth-order valence-electron chi connectivity index (χ4n) is 1.78. The largest absolute Gasteiger partial charge is 0.464 e. The highest BCUT2D eigenvalue weighted by atomic mass is 79.9. The number of hydrogen-bond donors (Lipinski definition) is 0. The Kier molecular flexibility index (Phi) is 3.19. The van der Waals surface area contributed by atoms with Gasteiger partial charge in [0.1, 0.15) is 16.1 Å². The molecule has 0 atom stereocenters. The minimum absolute atomic E-state index is 0.222. The standard InChI is InChI=1S/C12H13BrN2O2/c1-7(2)11-14-10(13)8-5-4-6-9(15(8)11)12(16)17-3/h4-7H,1-3H3. The number of aromatic nitrogens is 2. The zero-order valence-electron chi connectivity index (χ0n) is 9.90. The van der Waals surface area contributed by atoms with Crippen LogP contribution in [0.15, 0.2) is 22.8 Å². The minimum atomic E-state index is -0.359. The van der Waals surface area contributed by atoms with Gasteiger partial charge in [-0.15, -0.1) is 0 Å². The third kappa shape index (κ3) is 1.95. The van der Waals surface area contributed by atoms with E-state index in [-0.39, 0.29) is 11.9 Å². The molecule has 0 spiro atoms. The molecule has 5 heteroatoms. The molecule has 0 saturated heterocycles. The summed E-state index contributed by atoms with van der Waals surface area (Å²) in [6, 6.07) is 5.46. The van der Waals surface area contributed by atoms with E-state index >= 15 is 0 Å². The van der Waals surface area contributed by atoms with Gasteiger partial charge in [-0.25, -0.2) is 9.78 Å². The number of esters is 1. The molecular formula is C12H13BrN2O2. The van der Waals surface area contributed by atoms with Crippen molar-refractivity contribution in [1.82, 2.24) is 9.38 Å². The molecule has 0 N–H and O–H groups in total. The van der Waals surface area contributed by atoms with Gasteiger partial charge in [0, 0.05) is 5.92 Å². The summed E-state index contributed by atoms with van der Waals surface area (Å²) in [5.74, 6) is 0.704. The maximum atomic E-state index is 11.7. The summed E-state index contributed by atoms with van der Waals surface area (Å²) in [5, 5.41) is 0. The molecule has 0 radical (unpaired) electrons. The van der Waals surface area contributed by atoms with E-state index in [2.05, 4.69) is 20.9 Å². The number of imidazole rings is 1. The molecule has 0 saturated carbocycles. The van der Waals surface area contributed by atoms with E-state index in [4.69, 9.17) is 4.74 Å². The molecule has 0 aliphatic carbocycles. The van der Waals surface area contributed by atoms with Crippen LogP contribution in [0.4, 0.5) is 0 Å². The van der Waals surface area contributed by atoms with Crippen LogP contribution in [0.3, 0.4) is 0 Å². The molecule has 2 rings (SSSR count). The lowest BCUT2D eigenvalue weighted by Crippen LogP contribution is -2.10. The number of halogens is 1. The Morgan fingerprint density at radius 1 is 1.47 bits per heavy atom. The molecule has 17 heavy (non-hydrogen) atoms. The highest BCUT2D eigenvalue weighted by Crippen LogP contribution is 2.25. The molecule has 2 heterocycles. The number of methoxy groups -OCH3 is 1. The molecular weight excluding hydrogens is 284 g/mol. The first-order valence-electron chi connectivity index (χ1n) is 5.31. The number of carbonyl (C=O) groups is 1. The Hall–Kier alpha value is -1.36. The molecule has 90 valence electrons. The highest BCUT2D eigenvalue weighted by molar-refractivity contribution is 9.10. The van der Waals surface area contributed by atoms with Gasteiger partial charge in [0.15, 0.2) is 0 Å². The maximum absolute atomic E-state index is 11.7. The van der Waals surface area contributed by atoms with Gasteiger partial charge in [0.2, 0.25) is 0 Å². The minimum Gasteiger partial charge on any atom is -0.464 e. The maximum Gasteiger partial charge on any atom is 0.355 e. The lowest BCUT2D eigenvalue weighted by Gasteiger charge is -2.08. The summed E-state index contributed by atoms with van der Waals surface area (Å²) >= 11 is 3.41. The quantitative estimate of drug-likeness (QED) is 0.800. The second-order valence-corrected chi connectivity index (χ2v) is 4.79. The highest BCUT2D eigenvalue weighted by Gasteiger charge is 2.18. The smallest absolute Gasteiger partial charge is 0.355 e. The Morgan fingerprint density at radius 3 is 2.76 bits per heavy atom. The van der Waals surface area contributed by atoms with E-state index in [9.17, 15) is 4.79 Å². The summed E-state index contributed by atoms with van der Waals surface area (Å²) < 4.78 is 7.36. The molecule has 4 nitrogen and oxygen atoms in total. The Morgan fingerprint density at radius 2 is 2.18 bits per heavy atom. The number of ether oxygens (including phenoxy) is 1. The second kappa shape index (κ2) is 4.49. The van der Waals surface area contributed by atoms with Crippen molar-refractivity contribution in [2.75, 3.05) is 7.11 Å². The van der Waals surface area contributed by atoms with Crippen LogP contribution >= 0.6 is 15.9 Å². The van der Waals surface area contributed by atoms with Crippen LogP contribution in [0.25, 0.3) is 5.52 Å². The SMILES string of the molecule is COC(=O)c1cccc2c(Br)nc(C(C)C)n12. The van der Waals surface area contributed by atoms with E-state index < -0.39 is 0 Å². The van der Waals surface area contributed by atoms with Crippen molar-refractivity contribution in [3.05, 3.63) is 34.3 Å². The number of pyridine rings is 1. The monoisotopic (exact) mass is 296 g/mol. The third-order valence-corrected chi connectivity index (χ3v) is 3.14. The normalized spacial score (nSPS) is 11.1. The molecule has 0 unspecified atom stereocenters. The predicted molar refractivity (Wildman–Crippen MR) is 68.3 cm³/mol. The summed E-state index contributed by atoms with van der Waals surface area (Å²) in [6.07, 6.45) is 0. The van der Waals surface area contributed by atoms with Gasteiger partial charge in [-0.2, -0.15) is 0 Å². The zero-order chi connectivity index (χ0) is 12.6. The van der Waals surface area contributed by atoms with Crippen molar-refractivity contribution in [2.24, 2.45) is 0 Å². The van der Waals surface area contributed by atoms with Crippen LogP contribution in [-0.4, -0.2) is 22.5 Å². The van der Waals surface area contributed by atoms with Gasteiger partial charge in [-0.3, -0.25) is 4.40 Å². The number of hydrogen-bond acceptors (Lipinski definition) is 3. The molecule has 0 bridgehead atoms. The van der Waals surface area contributed by atoms with Crippen LogP contribution < -0.4 is 0 Å². The lowest BCUT2D eigenvalue weighted by molar-refractivity contribution is 0.0592. The van der Waals surface area contributed by atoms with E-state index in [1.54, 1.807) is 6.07 Å². The van der Waals surface area contributed by atoms with E-state index in [0.29, 0.717) is 5.69 Å². The molecule has 2 aromatic rings. The van der Waals surface area contributed by atoms with E-state index in [0.717, 1.165) is 15.9 Å². The van der Waals surface area contributed by atoms with Crippen molar-refractivity contribution >= 4 is 27.4 Å². The topological polar surface area (TPSA) is 43.6 Å². The van der Waals surface area contributed by atoms with Crippen LogP contribution in [0, 0.1) is 0 Å². The summed E-state index contributed by atoms with van der Waals surface area (Å²) in [7, 11) is 1.38. The predicted octanol–water partition coefficient (Wildman–Crippen LogP) is 3.01. The fraction of sp³-hybridized carbons (Fsp3) is 0.333. The Balaban J connectivity index is 2.81. The first-order valence-corrected chi connectivity index (χ1v) is 6.10. The summed E-state index contributed by atoms with van der Waals surface area (Å²) in [4.78, 5) is 16.2. The third-order valence-electron chi connectivity index (χ3n) is 2.55. The summed E-state index contributed by atoms with van der Waals surface area (Å²) in [5.41, 5.74) is 1.36. The van der Waals surface area contributed by atoms with Crippen molar-refractivity contribution in [1.29, 1.82) is 0 Å². The van der Waals surface area contributed by atoms with Crippen LogP contribution in [0.5, 0.6) is 0 Å². The average Bonchev–Trinajstić information content (AvgIpc) is 2.66. The van der Waals surface area contributed by atoms with Gasteiger partial charge in [0.25, 0.3) is 0 Å². The second-order valence-electron chi connectivity index (χ2n) is 4.04. The van der Waals surface area contributed by atoms with Crippen molar-refractivity contribution in [3.63, 3.8) is 0 Å². The molecule has 2 aromatic heterocycles. The number of fused-ring (bicyclic) bond motifs is 1. The fourth-order valence-corrected chi connectivity index (χ4v) is 2.27. The molecule has 0 fully saturated rings. The van der Waals surface area contributed by atoms with E-state index in [1.807, 2.05) is 30.4 Å². The van der Waals surface area contributed by atoms with Crippen molar-refractivity contribution in [3.8, 4) is 0 Å². The Labute approximate surface area is 108 Å². The van der Waals surface area contributed by atoms with E-state index in [1.165, 1.54) is 7.11 Å². The van der Waals surface area contributed by atoms with Gasteiger partial charge in [-0.1, -0.05) is 19.9 Å². The average molecular weight is 297 g/mol. The summed E-state index contributed by atoms with van der Waals surface area (Å²) in [6.45, 7) is 4.07. The lowest BCUT2D eigenvalue weighted by atomic mass is 10.2. The molecule has 0 aliphatic heterocycles. The van der Waals surface area contributed by atoms with Crippen LogP contribution in [0.1, 0.15) is 36.1 Å². The first kappa shape index (κ1) is 12.1. The molecule has 0 aromatic carbocycles. The van der Waals surface area contributed by atoms with Crippen LogP contribution in [-0.2, 0) is 4.74 Å². The number of carbonyl (C=O) groups excluding carboxylic acids is 1. The Bertz CT molecular complexity index is 575. The van der Waals surface area contributed by atoms with Gasteiger partial charge < -0.3 is 4.74 Å². The number of rotatable bonds is 2. The molecule has 0 aliphatic rings. The zero-order valence-corrected chi connectivity index (χ0v) is 11.5. The van der Waals surface area contributed by atoms with Gasteiger partial charge >= 0.3 is 5.97 Å². The number of nitrogens with zero attached hydrogens (tertiary/aromatic N) is 2. The van der Waals surface area contributed by atoms with Gasteiger partial charge in [-0.05, 0) is 28.1 Å². The van der Waals surface area contributed by atoms with Gasteiger partial charge in [0.05, 0.1) is 12.6 Å². The molecule has 0 amide bonds.